The number of halogens is 3. The second-order valence-corrected chi connectivity index (χ2v) is 5.06. The third-order valence-electron chi connectivity index (χ3n) is 2.49. The van der Waals surface area contributed by atoms with Gasteiger partial charge in [-0.25, -0.2) is 9.37 Å². The molecular formula is C13H9BrClFN2O. The summed E-state index contributed by atoms with van der Waals surface area (Å²) in [4.78, 5) is 16.1. The number of nitrogens with zero attached hydrogens (tertiary/aromatic N) is 1. The average Bonchev–Trinajstić information content (AvgIpc) is 2.32. The molecule has 0 bridgehead atoms. The molecule has 1 amide bonds. The van der Waals surface area contributed by atoms with Gasteiger partial charge in [0, 0.05) is 4.47 Å². The summed E-state index contributed by atoms with van der Waals surface area (Å²) in [6.45, 7) is 1.71. The van der Waals surface area contributed by atoms with Gasteiger partial charge >= 0.3 is 0 Å². The van der Waals surface area contributed by atoms with Gasteiger partial charge in [0.2, 0.25) is 0 Å². The predicted molar refractivity (Wildman–Crippen MR) is 76.0 cm³/mol. The van der Waals surface area contributed by atoms with E-state index in [-0.39, 0.29) is 5.56 Å². The number of carbonyl (C=O) groups excluding carboxylic acids is 1. The maximum Gasteiger partial charge on any atom is 0.259 e. The van der Waals surface area contributed by atoms with Crippen molar-refractivity contribution in [3.63, 3.8) is 0 Å². The molecule has 6 heteroatoms. The molecule has 3 nitrogen and oxygen atoms in total. The standard InChI is InChI=1S/C13H9BrClFN2O/c1-7-10(5-6-11(15)17-7)18-13(19)12-8(14)3-2-4-9(12)16/h2-6H,1H3,(H,18,19). The lowest BCUT2D eigenvalue weighted by molar-refractivity contribution is 0.102. The van der Waals surface area contributed by atoms with Crippen molar-refractivity contribution in [2.24, 2.45) is 0 Å². The van der Waals surface area contributed by atoms with Gasteiger partial charge in [0.25, 0.3) is 5.91 Å². The first kappa shape index (κ1) is 14.0. The normalized spacial score (nSPS) is 10.3. The van der Waals surface area contributed by atoms with Crippen LogP contribution in [0.3, 0.4) is 0 Å². The number of amides is 1. The minimum absolute atomic E-state index is 0.0446. The van der Waals surface area contributed by atoms with Crippen molar-refractivity contribution in [3.05, 3.63) is 57.0 Å². The van der Waals surface area contributed by atoms with E-state index in [2.05, 4.69) is 26.2 Å². The van der Waals surface area contributed by atoms with Crippen LogP contribution in [-0.2, 0) is 0 Å². The van der Waals surface area contributed by atoms with E-state index in [9.17, 15) is 9.18 Å². The quantitative estimate of drug-likeness (QED) is 0.831. The molecule has 0 saturated carbocycles. The smallest absolute Gasteiger partial charge is 0.259 e. The predicted octanol–water partition coefficient (Wildman–Crippen LogP) is 4.20. The van der Waals surface area contributed by atoms with Crippen LogP contribution in [0.2, 0.25) is 5.15 Å². The number of rotatable bonds is 2. The van der Waals surface area contributed by atoms with Gasteiger partial charge in [-0.1, -0.05) is 17.7 Å². The fourth-order valence-corrected chi connectivity index (χ4v) is 2.27. The maximum atomic E-state index is 13.6. The first-order valence-electron chi connectivity index (χ1n) is 5.37. The summed E-state index contributed by atoms with van der Waals surface area (Å²) in [5, 5.41) is 2.94. The highest BCUT2D eigenvalue weighted by molar-refractivity contribution is 9.10. The molecule has 1 aromatic heterocycles. The summed E-state index contributed by atoms with van der Waals surface area (Å²) >= 11 is 8.88. The van der Waals surface area contributed by atoms with E-state index < -0.39 is 11.7 Å². The van der Waals surface area contributed by atoms with Crippen molar-refractivity contribution in [3.8, 4) is 0 Å². The van der Waals surface area contributed by atoms with Crippen molar-refractivity contribution in [2.75, 3.05) is 5.32 Å². The van der Waals surface area contributed by atoms with Gasteiger partial charge in [0.1, 0.15) is 11.0 Å². The van der Waals surface area contributed by atoms with E-state index in [1.807, 2.05) is 0 Å². The number of aryl methyl sites for hydroxylation is 1. The molecule has 0 aliphatic rings. The number of hydrogen-bond donors (Lipinski definition) is 1. The molecule has 0 aliphatic heterocycles. The third kappa shape index (κ3) is 3.11. The number of nitrogens with one attached hydrogen (secondary N) is 1. The van der Waals surface area contributed by atoms with Gasteiger partial charge in [-0.05, 0) is 47.1 Å². The average molecular weight is 344 g/mol. The minimum Gasteiger partial charge on any atom is -0.320 e. The summed E-state index contributed by atoms with van der Waals surface area (Å²) in [7, 11) is 0. The van der Waals surface area contributed by atoms with Gasteiger partial charge in [-0.3, -0.25) is 4.79 Å². The highest BCUT2D eigenvalue weighted by Gasteiger charge is 2.16. The molecule has 2 aromatic rings. The van der Waals surface area contributed by atoms with Gasteiger partial charge in [-0.15, -0.1) is 0 Å². The van der Waals surface area contributed by atoms with E-state index in [1.165, 1.54) is 12.1 Å². The van der Waals surface area contributed by atoms with Crippen LogP contribution in [-0.4, -0.2) is 10.9 Å². The van der Waals surface area contributed by atoms with Crippen LogP contribution in [0.1, 0.15) is 16.1 Å². The summed E-state index contributed by atoms with van der Waals surface area (Å²) in [5.41, 5.74) is 1.01. The molecular weight excluding hydrogens is 335 g/mol. The Morgan fingerprint density at radius 1 is 1.37 bits per heavy atom. The Labute approximate surface area is 122 Å². The molecule has 0 aliphatic carbocycles. The molecule has 0 atom stereocenters. The Kier molecular flexibility index (Phi) is 4.17. The van der Waals surface area contributed by atoms with Crippen LogP contribution >= 0.6 is 27.5 Å². The fourth-order valence-electron chi connectivity index (χ4n) is 1.56. The van der Waals surface area contributed by atoms with E-state index >= 15 is 0 Å². The van der Waals surface area contributed by atoms with Crippen LogP contribution in [0.4, 0.5) is 10.1 Å². The zero-order valence-electron chi connectivity index (χ0n) is 9.88. The molecule has 0 fully saturated rings. The van der Waals surface area contributed by atoms with E-state index in [1.54, 1.807) is 25.1 Å². The van der Waals surface area contributed by atoms with Gasteiger partial charge in [0.05, 0.1) is 16.9 Å². The monoisotopic (exact) mass is 342 g/mol. The second-order valence-electron chi connectivity index (χ2n) is 3.82. The summed E-state index contributed by atoms with van der Waals surface area (Å²) < 4.78 is 14.0. The third-order valence-corrected chi connectivity index (χ3v) is 3.36. The Morgan fingerprint density at radius 2 is 2.11 bits per heavy atom. The highest BCUT2D eigenvalue weighted by atomic mass is 79.9. The lowest BCUT2D eigenvalue weighted by Gasteiger charge is -2.09. The van der Waals surface area contributed by atoms with Crippen molar-refractivity contribution >= 4 is 39.1 Å². The molecule has 98 valence electrons. The lowest BCUT2D eigenvalue weighted by Crippen LogP contribution is -2.15. The number of hydrogen-bond acceptors (Lipinski definition) is 2. The molecule has 2 rings (SSSR count). The molecule has 0 saturated heterocycles. The van der Waals surface area contributed by atoms with Crippen molar-refractivity contribution in [2.45, 2.75) is 6.92 Å². The van der Waals surface area contributed by atoms with Crippen molar-refractivity contribution in [1.82, 2.24) is 4.98 Å². The Balaban J connectivity index is 2.31. The van der Waals surface area contributed by atoms with Gasteiger partial charge in [-0.2, -0.15) is 0 Å². The zero-order valence-corrected chi connectivity index (χ0v) is 12.2. The van der Waals surface area contributed by atoms with Crippen LogP contribution in [0, 0.1) is 12.7 Å². The van der Waals surface area contributed by atoms with Crippen molar-refractivity contribution in [1.29, 1.82) is 0 Å². The van der Waals surface area contributed by atoms with Gasteiger partial charge in [0.15, 0.2) is 0 Å². The number of aromatic nitrogens is 1. The maximum absolute atomic E-state index is 13.6. The largest absolute Gasteiger partial charge is 0.320 e. The summed E-state index contributed by atoms with van der Waals surface area (Å²) in [6.07, 6.45) is 0. The fraction of sp³-hybridized carbons (Fsp3) is 0.0769. The highest BCUT2D eigenvalue weighted by Crippen LogP contribution is 2.22. The number of carbonyl (C=O) groups is 1. The minimum atomic E-state index is -0.591. The first-order valence-corrected chi connectivity index (χ1v) is 6.54. The van der Waals surface area contributed by atoms with E-state index in [0.717, 1.165) is 0 Å². The molecule has 0 radical (unpaired) electrons. The van der Waals surface area contributed by atoms with Crippen LogP contribution in [0.5, 0.6) is 0 Å². The molecule has 0 unspecified atom stereocenters. The van der Waals surface area contributed by atoms with Crippen molar-refractivity contribution < 1.29 is 9.18 Å². The Bertz CT molecular complexity index is 628. The lowest BCUT2D eigenvalue weighted by atomic mass is 10.2. The molecule has 19 heavy (non-hydrogen) atoms. The number of pyridine rings is 1. The second kappa shape index (κ2) is 5.67. The van der Waals surface area contributed by atoms with Crippen LogP contribution < -0.4 is 5.32 Å². The first-order chi connectivity index (χ1) is 8.99. The van der Waals surface area contributed by atoms with Gasteiger partial charge < -0.3 is 5.32 Å². The summed E-state index contributed by atoms with van der Waals surface area (Å²) in [5.74, 6) is -1.14. The van der Waals surface area contributed by atoms with E-state index in [0.29, 0.717) is 21.0 Å². The molecule has 1 heterocycles. The van der Waals surface area contributed by atoms with E-state index in [4.69, 9.17) is 11.6 Å². The summed E-state index contributed by atoms with van der Waals surface area (Å²) in [6, 6.07) is 7.53. The zero-order chi connectivity index (χ0) is 14.0. The van der Waals surface area contributed by atoms with Crippen LogP contribution in [0.25, 0.3) is 0 Å². The molecule has 0 spiro atoms. The molecule has 1 aromatic carbocycles. The SMILES string of the molecule is Cc1nc(Cl)ccc1NC(=O)c1c(F)cccc1Br. The molecule has 1 N–H and O–H groups in total. The number of anilines is 1. The Hall–Kier alpha value is -1.46. The Morgan fingerprint density at radius 3 is 2.74 bits per heavy atom. The van der Waals surface area contributed by atoms with Crippen LogP contribution in [0.15, 0.2) is 34.8 Å². The number of benzene rings is 1. The topological polar surface area (TPSA) is 42.0 Å².